The van der Waals surface area contributed by atoms with Crippen LogP contribution >= 0.6 is 11.6 Å². The highest BCUT2D eigenvalue weighted by atomic mass is 35.5. The second kappa shape index (κ2) is 6.26. The van der Waals surface area contributed by atoms with E-state index < -0.39 is 11.8 Å². The number of halogens is 1. The molecule has 0 bridgehead atoms. The minimum Gasteiger partial charge on any atom is -0.465 e. The molecule has 0 radical (unpaired) electrons. The van der Waals surface area contributed by atoms with E-state index in [1.54, 1.807) is 6.07 Å². The number of piperazine rings is 1. The Balaban J connectivity index is 1.93. The van der Waals surface area contributed by atoms with Crippen molar-refractivity contribution in [2.75, 3.05) is 24.5 Å². The fraction of sp³-hybridized carbons (Fsp3) is 0.312. The molecule has 1 atom stereocenters. The summed E-state index contributed by atoms with van der Waals surface area (Å²) in [6.07, 6.45) is -0.556. The number of carbonyl (C=O) groups is 2. The maximum absolute atomic E-state index is 11.4. The van der Waals surface area contributed by atoms with Crippen molar-refractivity contribution in [1.82, 2.24) is 9.88 Å². The summed E-state index contributed by atoms with van der Waals surface area (Å²) in [6, 6.07) is 9.18. The van der Waals surface area contributed by atoms with Crippen LogP contribution in [0.1, 0.15) is 6.42 Å². The van der Waals surface area contributed by atoms with Gasteiger partial charge in [-0.25, -0.2) is 9.78 Å². The smallest absolute Gasteiger partial charge is 0.408 e. The molecule has 2 heterocycles. The number of nitrogens with two attached hydrogens (primary N) is 1. The van der Waals surface area contributed by atoms with Crippen molar-refractivity contribution >= 4 is 40.7 Å². The third-order valence-electron chi connectivity index (χ3n) is 4.25. The summed E-state index contributed by atoms with van der Waals surface area (Å²) in [5.41, 5.74) is 5.68. The Morgan fingerprint density at radius 2 is 2.17 bits per heavy atom. The maximum atomic E-state index is 11.4. The SMILES string of the molecule is NC1(CC=O)CN(c2ccc3c(Cl)cccc3n2)CCN1C(=O)O. The second-order valence-corrected chi connectivity index (χ2v) is 6.21. The summed E-state index contributed by atoms with van der Waals surface area (Å²) < 4.78 is 0. The molecule has 0 spiro atoms. The molecule has 1 unspecified atom stereocenters. The number of hydrogen-bond acceptors (Lipinski definition) is 5. The number of benzene rings is 1. The Labute approximate surface area is 143 Å². The lowest BCUT2D eigenvalue weighted by Gasteiger charge is -2.46. The number of anilines is 1. The topological polar surface area (TPSA) is 99.8 Å². The molecule has 3 rings (SSSR count). The second-order valence-electron chi connectivity index (χ2n) is 5.81. The van der Waals surface area contributed by atoms with Gasteiger partial charge in [0, 0.05) is 29.9 Å². The van der Waals surface area contributed by atoms with Crippen LogP contribution in [0, 0.1) is 0 Å². The van der Waals surface area contributed by atoms with Crippen LogP contribution in [0.4, 0.5) is 10.6 Å². The lowest BCUT2D eigenvalue weighted by Crippen LogP contribution is -2.69. The first kappa shape index (κ1) is 16.5. The summed E-state index contributed by atoms with van der Waals surface area (Å²) >= 11 is 6.15. The van der Waals surface area contributed by atoms with E-state index in [1.165, 1.54) is 0 Å². The molecule has 7 nitrogen and oxygen atoms in total. The van der Waals surface area contributed by atoms with Crippen LogP contribution in [0.5, 0.6) is 0 Å². The van der Waals surface area contributed by atoms with Crippen LogP contribution in [-0.2, 0) is 4.79 Å². The first-order valence-corrected chi connectivity index (χ1v) is 7.86. The molecule has 1 fully saturated rings. The van der Waals surface area contributed by atoms with Gasteiger partial charge in [-0.15, -0.1) is 0 Å². The number of hydrogen-bond donors (Lipinski definition) is 2. The highest BCUT2D eigenvalue weighted by Crippen LogP contribution is 2.27. The molecule has 0 aliphatic carbocycles. The van der Waals surface area contributed by atoms with E-state index in [9.17, 15) is 14.7 Å². The zero-order valence-electron chi connectivity index (χ0n) is 12.9. The first-order valence-electron chi connectivity index (χ1n) is 7.48. The molecule has 1 aromatic heterocycles. The van der Waals surface area contributed by atoms with E-state index in [0.717, 1.165) is 15.8 Å². The first-order chi connectivity index (χ1) is 11.4. The van der Waals surface area contributed by atoms with Crippen molar-refractivity contribution in [3.63, 3.8) is 0 Å². The molecular formula is C16H17ClN4O3. The number of nitrogens with zero attached hydrogens (tertiary/aromatic N) is 3. The molecule has 24 heavy (non-hydrogen) atoms. The summed E-state index contributed by atoms with van der Waals surface area (Å²) in [4.78, 5) is 29.9. The number of pyridine rings is 1. The van der Waals surface area contributed by atoms with Gasteiger partial charge >= 0.3 is 6.09 Å². The molecule has 126 valence electrons. The van der Waals surface area contributed by atoms with Gasteiger partial charge in [-0.3, -0.25) is 4.90 Å². The zero-order valence-corrected chi connectivity index (χ0v) is 13.6. The Bertz CT molecular complexity index is 800. The highest BCUT2D eigenvalue weighted by molar-refractivity contribution is 6.35. The number of fused-ring (bicyclic) bond motifs is 1. The van der Waals surface area contributed by atoms with Gasteiger partial charge in [0.15, 0.2) is 0 Å². The monoisotopic (exact) mass is 348 g/mol. The van der Waals surface area contributed by atoms with E-state index in [2.05, 4.69) is 4.98 Å². The zero-order chi connectivity index (χ0) is 17.3. The fourth-order valence-electron chi connectivity index (χ4n) is 3.02. The van der Waals surface area contributed by atoms with Gasteiger partial charge in [0.25, 0.3) is 0 Å². The lowest BCUT2D eigenvalue weighted by atomic mass is 10.0. The minimum atomic E-state index is -1.27. The van der Waals surface area contributed by atoms with E-state index >= 15 is 0 Å². The number of carboxylic acid groups (broad SMARTS) is 1. The Kier molecular flexibility index (Phi) is 4.29. The summed E-state index contributed by atoms with van der Waals surface area (Å²) in [5.74, 6) is 0.676. The average Bonchev–Trinajstić information content (AvgIpc) is 2.54. The molecule has 1 saturated heterocycles. The quantitative estimate of drug-likeness (QED) is 0.822. The number of rotatable bonds is 3. The molecule has 1 aliphatic heterocycles. The van der Waals surface area contributed by atoms with Crippen LogP contribution in [0.15, 0.2) is 30.3 Å². The van der Waals surface area contributed by atoms with E-state index in [-0.39, 0.29) is 19.5 Å². The van der Waals surface area contributed by atoms with Crippen molar-refractivity contribution < 1.29 is 14.7 Å². The standard InChI is InChI=1S/C16H17ClN4O3/c17-12-2-1-3-13-11(12)4-5-14(19-13)20-7-8-21(15(23)24)16(18,10-20)6-9-22/h1-5,9H,6-8,10,18H2,(H,23,24). The molecule has 2 aromatic rings. The van der Waals surface area contributed by atoms with Gasteiger partial charge in [-0.05, 0) is 24.3 Å². The summed E-state index contributed by atoms with van der Waals surface area (Å²) in [6.45, 7) is 0.842. The fourth-order valence-corrected chi connectivity index (χ4v) is 3.25. The van der Waals surface area contributed by atoms with Crippen LogP contribution in [0.2, 0.25) is 5.02 Å². The maximum Gasteiger partial charge on any atom is 0.408 e. The van der Waals surface area contributed by atoms with Crippen LogP contribution < -0.4 is 10.6 Å². The van der Waals surface area contributed by atoms with Gasteiger partial charge in [-0.2, -0.15) is 0 Å². The van der Waals surface area contributed by atoms with Crippen molar-refractivity contribution in [3.05, 3.63) is 35.4 Å². The summed E-state index contributed by atoms with van der Waals surface area (Å²) in [5, 5.41) is 10.8. The number of aldehydes is 1. The molecule has 8 heteroatoms. The van der Waals surface area contributed by atoms with Crippen molar-refractivity contribution in [1.29, 1.82) is 0 Å². The Hall–Kier alpha value is -2.38. The third kappa shape index (κ3) is 2.88. The summed E-state index contributed by atoms with van der Waals surface area (Å²) in [7, 11) is 0. The Morgan fingerprint density at radius 1 is 1.38 bits per heavy atom. The molecular weight excluding hydrogens is 332 g/mol. The highest BCUT2D eigenvalue weighted by Gasteiger charge is 2.41. The average molecular weight is 349 g/mol. The third-order valence-corrected chi connectivity index (χ3v) is 4.58. The normalized spacial score (nSPS) is 21.1. The van der Waals surface area contributed by atoms with Crippen LogP contribution in [-0.4, -0.2) is 52.7 Å². The van der Waals surface area contributed by atoms with Crippen LogP contribution in [0.25, 0.3) is 10.9 Å². The number of carbonyl (C=O) groups excluding carboxylic acids is 1. The molecule has 1 amide bonds. The van der Waals surface area contributed by atoms with Gasteiger partial charge in [0.05, 0.1) is 12.1 Å². The van der Waals surface area contributed by atoms with Gasteiger partial charge < -0.3 is 20.5 Å². The molecule has 1 aromatic carbocycles. The predicted octanol–water partition coefficient (Wildman–Crippen LogP) is 1.93. The van der Waals surface area contributed by atoms with E-state index in [4.69, 9.17) is 17.3 Å². The van der Waals surface area contributed by atoms with Gasteiger partial charge in [-0.1, -0.05) is 17.7 Å². The largest absolute Gasteiger partial charge is 0.465 e. The van der Waals surface area contributed by atoms with Gasteiger partial charge in [0.2, 0.25) is 0 Å². The van der Waals surface area contributed by atoms with Crippen molar-refractivity contribution in [2.45, 2.75) is 12.1 Å². The number of amides is 1. The van der Waals surface area contributed by atoms with Crippen LogP contribution in [0.3, 0.4) is 0 Å². The van der Waals surface area contributed by atoms with Crippen molar-refractivity contribution in [2.24, 2.45) is 5.73 Å². The molecule has 0 saturated carbocycles. The Morgan fingerprint density at radius 3 is 2.88 bits per heavy atom. The predicted molar refractivity (Wildman–Crippen MR) is 91.3 cm³/mol. The van der Waals surface area contributed by atoms with Crippen molar-refractivity contribution in [3.8, 4) is 0 Å². The van der Waals surface area contributed by atoms with Gasteiger partial charge in [0.1, 0.15) is 17.8 Å². The van der Waals surface area contributed by atoms with E-state index in [0.29, 0.717) is 23.7 Å². The molecule has 3 N–H and O–H groups in total. The minimum absolute atomic E-state index is 0.0742. The lowest BCUT2D eigenvalue weighted by molar-refractivity contribution is -0.110. The van der Waals surface area contributed by atoms with E-state index in [1.807, 2.05) is 29.2 Å². The molecule has 1 aliphatic rings. The number of aromatic nitrogens is 1.